The molecule has 0 spiro atoms. The molecule has 0 saturated carbocycles. The second-order valence-electron chi connectivity index (χ2n) is 7.42. The molecule has 0 radical (unpaired) electrons. The number of carbonyl (C=O) groups excluding carboxylic acids is 3. The van der Waals surface area contributed by atoms with Crippen LogP contribution >= 0.6 is 0 Å². The van der Waals surface area contributed by atoms with E-state index in [9.17, 15) is 22.8 Å². The van der Waals surface area contributed by atoms with Crippen LogP contribution in [0.1, 0.15) is 31.8 Å². The van der Waals surface area contributed by atoms with Gasteiger partial charge in [0, 0.05) is 19.8 Å². The number of anilines is 2. The fraction of sp³-hybridized carbons (Fsp3) is 0.318. The highest BCUT2D eigenvalue weighted by molar-refractivity contribution is 7.90. The molecule has 0 bridgehead atoms. The Hall–Kier alpha value is -3.44. The number of hydrogen-bond donors (Lipinski definition) is 1. The first-order valence-electron chi connectivity index (χ1n) is 9.79. The van der Waals surface area contributed by atoms with Gasteiger partial charge in [-0.3, -0.25) is 4.79 Å². The zero-order chi connectivity index (χ0) is 24.9. The van der Waals surface area contributed by atoms with Crippen LogP contribution in [0, 0.1) is 13.8 Å². The molecule has 0 aliphatic rings. The number of nitrogens with one attached hydrogen (secondary N) is 1. The number of amides is 1. The van der Waals surface area contributed by atoms with Crippen molar-refractivity contribution in [3.63, 3.8) is 0 Å². The summed E-state index contributed by atoms with van der Waals surface area (Å²) in [4.78, 5) is 36.8. The van der Waals surface area contributed by atoms with E-state index in [-0.39, 0.29) is 16.8 Å². The van der Waals surface area contributed by atoms with Crippen LogP contribution in [0.2, 0.25) is 0 Å². The van der Waals surface area contributed by atoms with E-state index >= 15 is 0 Å². The highest BCUT2D eigenvalue weighted by Crippen LogP contribution is 2.25. The first-order valence-corrected chi connectivity index (χ1v) is 11.2. The highest BCUT2D eigenvalue weighted by atomic mass is 32.2. The van der Waals surface area contributed by atoms with Crippen LogP contribution in [-0.4, -0.2) is 65.4 Å². The lowest BCUT2D eigenvalue weighted by atomic mass is 10.1. The lowest BCUT2D eigenvalue weighted by Crippen LogP contribution is -2.44. The van der Waals surface area contributed by atoms with Crippen molar-refractivity contribution >= 4 is 39.4 Å². The molecule has 0 aromatic heterocycles. The Balaban J connectivity index is 2.44. The lowest BCUT2D eigenvalue weighted by Gasteiger charge is -2.28. The largest absolute Gasteiger partial charge is 0.465 e. The Morgan fingerprint density at radius 3 is 1.94 bits per heavy atom. The molecule has 0 saturated heterocycles. The maximum atomic E-state index is 13.0. The predicted octanol–water partition coefficient (Wildman–Crippen LogP) is 2.13. The zero-order valence-electron chi connectivity index (χ0n) is 19.3. The summed E-state index contributed by atoms with van der Waals surface area (Å²) < 4.78 is 37.4. The van der Waals surface area contributed by atoms with Gasteiger partial charge in [0.1, 0.15) is 6.54 Å². The maximum Gasteiger partial charge on any atom is 0.337 e. The molecular formula is C22H27N3O7S. The van der Waals surface area contributed by atoms with Crippen molar-refractivity contribution in [2.45, 2.75) is 13.8 Å². The topological polar surface area (TPSA) is 122 Å². The molecule has 0 atom stereocenters. The van der Waals surface area contributed by atoms with Crippen molar-refractivity contribution < 1.29 is 32.3 Å². The van der Waals surface area contributed by atoms with Crippen LogP contribution in [0.3, 0.4) is 0 Å². The van der Waals surface area contributed by atoms with E-state index in [0.29, 0.717) is 11.3 Å². The van der Waals surface area contributed by atoms with Crippen molar-refractivity contribution in [3.8, 4) is 0 Å². The number of hydrogen-bond acceptors (Lipinski definition) is 7. The van der Waals surface area contributed by atoms with Gasteiger partial charge in [0.25, 0.3) is 0 Å². The van der Waals surface area contributed by atoms with Crippen LogP contribution in [0.5, 0.6) is 0 Å². The number of rotatable bonds is 8. The van der Waals surface area contributed by atoms with Gasteiger partial charge >= 0.3 is 22.1 Å². The van der Waals surface area contributed by atoms with Crippen molar-refractivity contribution in [2.75, 3.05) is 44.5 Å². The molecule has 1 amide bonds. The molecule has 11 heteroatoms. The standard InChI is InChI=1S/C22H27N3O7S/c1-14-7-8-15(2)19(9-14)25(33(29,30)24(3)4)13-20(26)23-18-11-16(21(27)31-5)10-17(12-18)22(28)32-6/h7-12H,13H2,1-6H3,(H,23,26). The van der Waals surface area contributed by atoms with E-state index in [0.717, 1.165) is 14.2 Å². The molecule has 178 valence electrons. The van der Waals surface area contributed by atoms with Gasteiger partial charge < -0.3 is 14.8 Å². The van der Waals surface area contributed by atoms with Gasteiger partial charge in [0.05, 0.1) is 31.0 Å². The average Bonchev–Trinajstić information content (AvgIpc) is 2.77. The van der Waals surface area contributed by atoms with Crippen LogP contribution in [0.4, 0.5) is 11.4 Å². The van der Waals surface area contributed by atoms with Crippen molar-refractivity contribution in [1.82, 2.24) is 4.31 Å². The quantitative estimate of drug-likeness (QED) is 0.578. The Labute approximate surface area is 193 Å². The summed E-state index contributed by atoms with van der Waals surface area (Å²) in [6.45, 7) is 3.02. The van der Waals surface area contributed by atoms with E-state index in [1.165, 1.54) is 46.5 Å². The fourth-order valence-corrected chi connectivity index (χ4v) is 4.10. The third kappa shape index (κ3) is 6.08. The summed E-state index contributed by atoms with van der Waals surface area (Å²) in [5.41, 5.74) is 1.98. The fourth-order valence-electron chi connectivity index (χ4n) is 2.98. The number of esters is 2. The minimum absolute atomic E-state index is 0.0167. The lowest BCUT2D eigenvalue weighted by molar-refractivity contribution is -0.114. The first-order chi connectivity index (χ1) is 15.4. The summed E-state index contributed by atoms with van der Waals surface area (Å²) in [5, 5.41) is 2.55. The van der Waals surface area contributed by atoms with Gasteiger partial charge in [-0.15, -0.1) is 0 Å². The molecule has 0 fully saturated rings. The van der Waals surface area contributed by atoms with Gasteiger partial charge in [-0.05, 0) is 49.2 Å². The number of aryl methyl sites for hydroxylation is 2. The van der Waals surface area contributed by atoms with Crippen LogP contribution in [0.15, 0.2) is 36.4 Å². The molecule has 2 aromatic rings. The molecule has 2 rings (SSSR count). The minimum Gasteiger partial charge on any atom is -0.465 e. The van der Waals surface area contributed by atoms with Crippen LogP contribution in [-0.2, 0) is 24.5 Å². The molecule has 0 aliphatic heterocycles. The van der Waals surface area contributed by atoms with Crippen molar-refractivity contribution in [2.24, 2.45) is 0 Å². The van der Waals surface area contributed by atoms with Gasteiger partial charge in [0.2, 0.25) is 5.91 Å². The second-order valence-corrected chi connectivity index (χ2v) is 9.48. The van der Waals surface area contributed by atoms with E-state index in [4.69, 9.17) is 0 Å². The van der Waals surface area contributed by atoms with Crippen LogP contribution in [0.25, 0.3) is 0 Å². The Bertz CT molecular complexity index is 1140. The summed E-state index contributed by atoms with van der Waals surface area (Å²) in [6.07, 6.45) is 0. The van der Waals surface area contributed by atoms with Crippen molar-refractivity contribution in [1.29, 1.82) is 0 Å². The number of benzene rings is 2. The smallest absolute Gasteiger partial charge is 0.337 e. The summed E-state index contributed by atoms with van der Waals surface area (Å²) in [6, 6.07) is 9.19. The van der Waals surface area contributed by atoms with Gasteiger partial charge in [-0.25, -0.2) is 13.9 Å². The number of carbonyl (C=O) groups is 3. The Kier molecular flexibility index (Phi) is 8.18. The zero-order valence-corrected chi connectivity index (χ0v) is 20.1. The summed E-state index contributed by atoms with van der Waals surface area (Å²) in [7, 11) is 1.09. The number of ether oxygens (including phenoxy) is 2. The average molecular weight is 478 g/mol. The van der Waals surface area contributed by atoms with E-state index < -0.39 is 34.6 Å². The van der Waals surface area contributed by atoms with Gasteiger partial charge in [0.15, 0.2) is 0 Å². The number of methoxy groups -OCH3 is 2. The minimum atomic E-state index is -4.01. The van der Waals surface area contributed by atoms with E-state index in [1.54, 1.807) is 19.1 Å². The SMILES string of the molecule is COC(=O)c1cc(NC(=O)CN(c2cc(C)ccc2C)S(=O)(=O)N(C)C)cc(C(=O)OC)c1. The van der Waals surface area contributed by atoms with E-state index in [1.807, 2.05) is 13.0 Å². The Morgan fingerprint density at radius 2 is 1.45 bits per heavy atom. The normalized spacial score (nSPS) is 11.1. The second kappa shape index (κ2) is 10.5. The predicted molar refractivity (Wildman–Crippen MR) is 124 cm³/mol. The Morgan fingerprint density at radius 1 is 0.909 bits per heavy atom. The van der Waals surface area contributed by atoms with Crippen molar-refractivity contribution in [3.05, 3.63) is 58.7 Å². The monoisotopic (exact) mass is 477 g/mol. The summed E-state index contributed by atoms with van der Waals surface area (Å²) in [5.74, 6) is -2.12. The first kappa shape index (κ1) is 25.8. The molecule has 0 aliphatic carbocycles. The molecular weight excluding hydrogens is 450 g/mol. The molecule has 1 N–H and O–H groups in total. The maximum absolute atomic E-state index is 13.0. The third-order valence-corrected chi connectivity index (χ3v) is 6.53. The highest BCUT2D eigenvalue weighted by Gasteiger charge is 2.28. The summed E-state index contributed by atoms with van der Waals surface area (Å²) >= 11 is 0. The van der Waals surface area contributed by atoms with Gasteiger partial charge in [-0.2, -0.15) is 12.7 Å². The van der Waals surface area contributed by atoms with Crippen LogP contribution < -0.4 is 9.62 Å². The molecule has 0 unspecified atom stereocenters. The third-order valence-electron chi connectivity index (χ3n) is 4.72. The van der Waals surface area contributed by atoms with Gasteiger partial charge in [-0.1, -0.05) is 12.1 Å². The molecule has 10 nitrogen and oxygen atoms in total. The molecule has 33 heavy (non-hydrogen) atoms. The molecule has 0 heterocycles. The molecule has 2 aromatic carbocycles. The van der Waals surface area contributed by atoms with E-state index in [2.05, 4.69) is 14.8 Å². The number of nitrogens with zero attached hydrogens (tertiary/aromatic N) is 2.